The summed E-state index contributed by atoms with van der Waals surface area (Å²) in [6.07, 6.45) is 1.68. The van der Waals surface area contributed by atoms with E-state index in [9.17, 15) is 9.59 Å². The topological polar surface area (TPSA) is 84.0 Å². The average molecular weight is 455 g/mol. The van der Waals surface area contributed by atoms with E-state index in [1.165, 1.54) is 6.92 Å². The first-order valence-electron chi connectivity index (χ1n) is 11.2. The molecule has 1 N–H and O–H groups in total. The number of fused-ring (bicyclic) bond motifs is 1. The van der Waals surface area contributed by atoms with Crippen molar-refractivity contribution in [2.24, 2.45) is 5.92 Å². The molecule has 1 aromatic carbocycles. The monoisotopic (exact) mass is 454 g/mol. The summed E-state index contributed by atoms with van der Waals surface area (Å²) in [6, 6.07) is 11.1. The van der Waals surface area contributed by atoms with Crippen molar-refractivity contribution < 1.29 is 19.1 Å². The molecule has 0 aliphatic carbocycles. The van der Waals surface area contributed by atoms with Crippen molar-refractivity contribution in [2.75, 3.05) is 39.2 Å². The number of ether oxygens (including phenoxy) is 2. The van der Waals surface area contributed by atoms with Crippen LogP contribution in [0.5, 0.6) is 5.75 Å². The molecule has 0 unspecified atom stereocenters. The van der Waals surface area contributed by atoms with Crippen molar-refractivity contribution in [2.45, 2.75) is 39.5 Å². The summed E-state index contributed by atoms with van der Waals surface area (Å²) in [6.45, 7) is 7.97. The predicted molar refractivity (Wildman–Crippen MR) is 127 cm³/mol. The van der Waals surface area contributed by atoms with E-state index in [1.54, 1.807) is 43.5 Å². The van der Waals surface area contributed by atoms with Gasteiger partial charge in [-0.2, -0.15) is 0 Å². The number of nitrogens with zero attached hydrogens (tertiary/aromatic N) is 3. The van der Waals surface area contributed by atoms with E-state index in [0.717, 1.165) is 12.2 Å². The second kappa shape index (κ2) is 11.2. The van der Waals surface area contributed by atoms with Gasteiger partial charge in [-0.25, -0.2) is 0 Å². The standard InChI is InChI=1S/C25H34N4O4/c1-17-13-29(14-21-8-6-7-11-26-21)18(2)16-33-23-12-20(27-19(3)30)9-10-22(23)25(31)28(4)15-24(17)32-5/h6-12,17-18,24H,13-16H2,1-5H3,(H,27,30)/t17-,18-,24+/m0/s1. The largest absolute Gasteiger partial charge is 0.491 e. The molecule has 0 bridgehead atoms. The molecule has 8 nitrogen and oxygen atoms in total. The molecular formula is C25H34N4O4. The van der Waals surface area contributed by atoms with Gasteiger partial charge in [-0.05, 0) is 37.1 Å². The minimum atomic E-state index is -0.182. The minimum absolute atomic E-state index is 0.0523. The van der Waals surface area contributed by atoms with Gasteiger partial charge in [0.25, 0.3) is 5.91 Å². The number of benzene rings is 1. The van der Waals surface area contributed by atoms with Crippen molar-refractivity contribution in [1.29, 1.82) is 0 Å². The number of rotatable bonds is 4. The Morgan fingerprint density at radius 3 is 2.70 bits per heavy atom. The zero-order chi connectivity index (χ0) is 24.0. The van der Waals surface area contributed by atoms with Crippen LogP contribution in [-0.4, -0.2) is 72.6 Å². The number of carbonyl (C=O) groups excluding carboxylic acids is 2. The maximum atomic E-state index is 13.2. The smallest absolute Gasteiger partial charge is 0.257 e. The molecule has 0 fully saturated rings. The van der Waals surface area contributed by atoms with Crippen molar-refractivity contribution in [3.05, 3.63) is 53.9 Å². The molecule has 3 rings (SSSR count). The number of carbonyl (C=O) groups is 2. The molecule has 2 aromatic rings. The lowest BCUT2D eigenvalue weighted by Crippen LogP contribution is -2.46. The zero-order valence-corrected chi connectivity index (χ0v) is 20.1. The van der Waals surface area contributed by atoms with Gasteiger partial charge in [0.05, 0.1) is 17.4 Å². The molecule has 0 spiro atoms. The van der Waals surface area contributed by atoms with Crippen molar-refractivity contribution in [3.8, 4) is 5.75 Å². The van der Waals surface area contributed by atoms with Crippen LogP contribution in [0.4, 0.5) is 5.69 Å². The number of pyridine rings is 1. The van der Waals surface area contributed by atoms with Crippen LogP contribution >= 0.6 is 0 Å². The van der Waals surface area contributed by atoms with Crippen LogP contribution in [0.2, 0.25) is 0 Å². The molecule has 0 saturated heterocycles. The van der Waals surface area contributed by atoms with Gasteiger partial charge in [0.2, 0.25) is 5.91 Å². The van der Waals surface area contributed by atoms with Gasteiger partial charge in [0.1, 0.15) is 12.4 Å². The second-order valence-corrected chi connectivity index (χ2v) is 8.74. The molecule has 33 heavy (non-hydrogen) atoms. The fraction of sp³-hybridized carbons (Fsp3) is 0.480. The van der Waals surface area contributed by atoms with Crippen molar-refractivity contribution >= 4 is 17.5 Å². The first-order valence-corrected chi connectivity index (χ1v) is 11.2. The summed E-state index contributed by atoms with van der Waals surface area (Å²) in [7, 11) is 3.46. The third-order valence-electron chi connectivity index (χ3n) is 5.99. The molecular weight excluding hydrogens is 420 g/mol. The van der Waals surface area contributed by atoms with Gasteiger partial charge in [0, 0.05) is 64.7 Å². The van der Waals surface area contributed by atoms with Crippen LogP contribution in [0, 0.1) is 5.92 Å². The molecule has 2 heterocycles. The molecule has 0 saturated carbocycles. The normalized spacial score (nSPS) is 22.5. The van der Waals surface area contributed by atoms with Gasteiger partial charge in [-0.15, -0.1) is 0 Å². The number of amides is 2. The van der Waals surface area contributed by atoms with Gasteiger partial charge in [-0.1, -0.05) is 13.0 Å². The average Bonchev–Trinajstić information content (AvgIpc) is 2.79. The third kappa shape index (κ3) is 6.52. The summed E-state index contributed by atoms with van der Waals surface area (Å²) in [5.74, 6) is 0.299. The summed E-state index contributed by atoms with van der Waals surface area (Å²) in [5.41, 5.74) is 2.03. The Kier molecular flexibility index (Phi) is 8.41. The highest BCUT2D eigenvalue weighted by Crippen LogP contribution is 2.27. The first kappa shape index (κ1) is 24.7. The Hall–Kier alpha value is -2.97. The minimum Gasteiger partial charge on any atom is -0.491 e. The zero-order valence-electron chi connectivity index (χ0n) is 20.1. The van der Waals surface area contributed by atoms with Crippen LogP contribution in [0.1, 0.15) is 36.8 Å². The molecule has 0 radical (unpaired) electrons. The third-order valence-corrected chi connectivity index (χ3v) is 5.99. The number of hydrogen-bond acceptors (Lipinski definition) is 6. The van der Waals surface area contributed by atoms with Gasteiger partial charge in [-0.3, -0.25) is 19.5 Å². The summed E-state index contributed by atoms with van der Waals surface area (Å²) in [4.78, 5) is 33.2. The first-order chi connectivity index (χ1) is 15.8. The Balaban J connectivity index is 1.94. The fourth-order valence-corrected chi connectivity index (χ4v) is 4.05. The Labute approximate surface area is 195 Å². The molecule has 1 aromatic heterocycles. The van der Waals surface area contributed by atoms with Crippen molar-refractivity contribution in [3.63, 3.8) is 0 Å². The van der Waals surface area contributed by atoms with E-state index < -0.39 is 0 Å². The molecule has 3 atom stereocenters. The molecule has 1 aliphatic heterocycles. The predicted octanol–water partition coefficient (Wildman–Crippen LogP) is 3.05. The number of hydrogen-bond donors (Lipinski definition) is 1. The number of methoxy groups -OCH3 is 1. The van der Waals surface area contributed by atoms with E-state index in [0.29, 0.717) is 36.7 Å². The summed E-state index contributed by atoms with van der Waals surface area (Å²) < 4.78 is 12.0. The lowest BCUT2D eigenvalue weighted by Gasteiger charge is -2.35. The highest BCUT2D eigenvalue weighted by atomic mass is 16.5. The summed E-state index contributed by atoms with van der Waals surface area (Å²) >= 11 is 0. The number of anilines is 1. The lowest BCUT2D eigenvalue weighted by atomic mass is 10.0. The SMILES string of the molecule is CO[C@@H]1CN(C)C(=O)c2ccc(NC(C)=O)cc2OC[C@H](C)N(Cc2ccccn2)C[C@@H]1C. The molecule has 2 amide bonds. The van der Waals surface area contributed by atoms with E-state index in [4.69, 9.17) is 9.47 Å². The number of likely N-dealkylation sites (N-methyl/N-ethyl adjacent to an activating group) is 1. The van der Waals surface area contributed by atoms with Crippen LogP contribution in [0.3, 0.4) is 0 Å². The van der Waals surface area contributed by atoms with E-state index in [-0.39, 0.29) is 29.9 Å². The molecule has 178 valence electrons. The Morgan fingerprint density at radius 1 is 1.24 bits per heavy atom. The van der Waals surface area contributed by atoms with E-state index in [2.05, 4.69) is 29.0 Å². The number of aromatic nitrogens is 1. The van der Waals surface area contributed by atoms with Crippen molar-refractivity contribution in [1.82, 2.24) is 14.8 Å². The Bertz CT molecular complexity index is 953. The Morgan fingerprint density at radius 2 is 2.03 bits per heavy atom. The van der Waals surface area contributed by atoms with Crippen LogP contribution in [-0.2, 0) is 16.1 Å². The number of nitrogens with one attached hydrogen (secondary N) is 1. The quantitative estimate of drug-likeness (QED) is 0.765. The summed E-state index contributed by atoms with van der Waals surface area (Å²) in [5, 5.41) is 2.76. The van der Waals surface area contributed by atoms with Crippen LogP contribution in [0.15, 0.2) is 42.6 Å². The fourth-order valence-electron chi connectivity index (χ4n) is 4.05. The van der Waals surface area contributed by atoms with Gasteiger partial charge < -0.3 is 19.7 Å². The van der Waals surface area contributed by atoms with Crippen LogP contribution < -0.4 is 10.1 Å². The molecule has 1 aliphatic rings. The van der Waals surface area contributed by atoms with Gasteiger partial charge >= 0.3 is 0 Å². The second-order valence-electron chi connectivity index (χ2n) is 8.74. The maximum absolute atomic E-state index is 13.2. The highest BCUT2D eigenvalue weighted by molar-refractivity contribution is 5.98. The lowest BCUT2D eigenvalue weighted by molar-refractivity contribution is -0.114. The van der Waals surface area contributed by atoms with E-state index in [1.807, 2.05) is 18.2 Å². The van der Waals surface area contributed by atoms with E-state index >= 15 is 0 Å². The molecule has 8 heteroatoms. The van der Waals surface area contributed by atoms with Gasteiger partial charge in [0.15, 0.2) is 0 Å². The van der Waals surface area contributed by atoms with Crippen LogP contribution in [0.25, 0.3) is 0 Å². The maximum Gasteiger partial charge on any atom is 0.257 e. The highest BCUT2D eigenvalue weighted by Gasteiger charge is 2.28.